The number of hydrogen-bond donors (Lipinski definition) is 2. The number of H-pyrrole nitrogens is 1. The molecule has 0 spiro atoms. The summed E-state index contributed by atoms with van der Waals surface area (Å²) in [5, 5.41) is 19.7. The molecule has 104 valence electrons. The Morgan fingerprint density at radius 2 is 2.10 bits per heavy atom. The number of hydrogen-bond acceptors (Lipinski definition) is 5. The Balaban J connectivity index is 1.77. The number of nitrogens with one attached hydrogen (secondary N) is 2. The van der Waals surface area contributed by atoms with Crippen LogP contribution in [0.5, 0.6) is 0 Å². The number of non-ortho nitro benzene ring substituents is 1. The first kappa shape index (κ1) is 13.7. The summed E-state index contributed by atoms with van der Waals surface area (Å²) in [6, 6.07) is 5.93. The molecule has 8 nitrogen and oxygen atoms in total. The second kappa shape index (κ2) is 6.41. The Labute approximate surface area is 114 Å². The van der Waals surface area contributed by atoms with Crippen molar-refractivity contribution in [2.45, 2.75) is 12.8 Å². The van der Waals surface area contributed by atoms with Gasteiger partial charge in [-0.2, -0.15) is 5.10 Å². The van der Waals surface area contributed by atoms with E-state index in [1.807, 2.05) is 0 Å². The lowest BCUT2D eigenvalue weighted by Gasteiger charge is -2.04. The molecule has 0 unspecified atom stereocenters. The van der Waals surface area contributed by atoms with Crippen molar-refractivity contribution in [3.63, 3.8) is 0 Å². The third kappa shape index (κ3) is 3.87. The highest BCUT2D eigenvalue weighted by atomic mass is 16.6. The van der Waals surface area contributed by atoms with Crippen LogP contribution in [0.15, 0.2) is 30.6 Å². The van der Waals surface area contributed by atoms with E-state index in [0.29, 0.717) is 18.8 Å². The van der Waals surface area contributed by atoms with E-state index >= 15 is 0 Å². The van der Waals surface area contributed by atoms with Crippen LogP contribution in [-0.4, -0.2) is 32.6 Å². The predicted octanol–water partition coefficient (Wildman–Crippen LogP) is 0.614. The smallest absolute Gasteiger partial charge is 0.269 e. The molecule has 0 bridgehead atoms. The summed E-state index contributed by atoms with van der Waals surface area (Å²) in [4.78, 5) is 25.6. The van der Waals surface area contributed by atoms with Gasteiger partial charge >= 0.3 is 0 Å². The average Bonchev–Trinajstić information content (AvgIpc) is 2.92. The van der Waals surface area contributed by atoms with Crippen molar-refractivity contribution in [3.8, 4) is 0 Å². The Morgan fingerprint density at radius 1 is 1.35 bits per heavy atom. The molecule has 0 aliphatic carbocycles. The van der Waals surface area contributed by atoms with E-state index in [-0.39, 0.29) is 18.0 Å². The molecular formula is C12H13N5O3. The zero-order valence-electron chi connectivity index (χ0n) is 10.6. The maximum Gasteiger partial charge on any atom is 0.269 e. The van der Waals surface area contributed by atoms with Crippen molar-refractivity contribution in [2.75, 3.05) is 6.54 Å². The van der Waals surface area contributed by atoms with Gasteiger partial charge in [0.1, 0.15) is 12.2 Å². The van der Waals surface area contributed by atoms with Gasteiger partial charge < -0.3 is 5.32 Å². The van der Waals surface area contributed by atoms with E-state index in [0.717, 1.165) is 5.56 Å². The first-order valence-corrected chi connectivity index (χ1v) is 5.99. The van der Waals surface area contributed by atoms with E-state index in [4.69, 9.17) is 0 Å². The number of carbonyl (C=O) groups is 1. The van der Waals surface area contributed by atoms with Crippen molar-refractivity contribution in [3.05, 3.63) is 52.1 Å². The number of aromatic nitrogens is 3. The van der Waals surface area contributed by atoms with Gasteiger partial charge in [0.15, 0.2) is 0 Å². The van der Waals surface area contributed by atoms with Gasteiger partial charge in [0.25, 0.3) is 5.69 Å². The van der Waals surface area contributed by atoms with E-state index in [1.54, 1.807) is 12.1 Å². The summed E-state index contributed by atoms with van der Waals surface area (Å²) in [6.07, 6.45) is 2.18. The third-order valence-electron chi connectivity index (χ3n) is 2.66. The lowest BCUT2D eigenvalue weighted by molar-refractivity contribution is -0.384. The third-order valence-corrected chi connectivity index (χ3v) is 2.66. The largest absolute Gasteiger partial charge is 0.355 e. The first-order valence-electron chi connectivity index (χ1n) is 5.99. The van der Waals surface area contributed by atoms with Gasteiger partial charge in [0.05, 0.1) is 11.3 Å². The van der Waals surface area contributed by atoms with Crippen molar-refractivity contribution in [1.82, 2.24) is 20.5 Å². The minimum absolute atomic E-state index is 0.0134. The maximum absolute atomic E-state index is 11.7. The molecule has 1 amide bonds. The van der Waals surface area contributed by atoms with E-state index in [1.165, 1.54) is 18.5 Å². The quantitative estimate of drug-likeness (QED) is 0.592. The van der Waals surface area contributed by atoms with Gasteiger partial charge in [-0.1, -0.05) is 12.1 Å². The summed E-state index contributed by atoms with van der Waals surface area (Å²) < 4.78 is 0. The van der Waals surface area contributed by atoms with Crippen molar-refractivity contribution in [1.29, 1.82) is 0 Å². The number of carbonyl (C=O) groups excluding carboxylic acids is 1. The van der Waals surface area contributed by atoms with Crippen LogP contribution in [0.1, 0.15) is 11.4 Å². The molecule has 1 heterocycles. The molecule has 1 aromatic heterocycles. The molecule has 2 N–H and O–H groups in total. The van der Waals surface area contributed by atoms with Crippen LogP contribution in [0.2, 0.25) is 0 Å². The van der Waals surface area contributed by atoms with E-state index < -0.39 is 4.92 Å². The van der Waals surface area contributed by atoms with Crippen LogP contribution in [0, 0.1) is 10.1 Å². The predicted molar refractivity (Wildman–Crippen MR) is 69.9 cm³/mol. The topological polar surface area (TPSA) is 114 Å². The zero-order chi connectivity index (χ0) is 14.4. The SMILES string of the molecule is O=C(Cc1ccc([N+](=O)[O-])cc1)NCCc1ncn[nH]1. The fourth-order valence-electron chi connectivity index (χ4n) is 1.65. The number of rotatable bonds is 6. The summed E-state index contributed by atoms with van der Waals surface area (Å²) in [7, 11) is 0. The molecule has 20 heavy (non-hydrogen) atoms. The molecular weight excluding hydrogens is 262 g/mol. The Kier molecular flexibility index (Phi) is 4.38. The number of nitro groups is 1. The highest BCUT2D eigenvalue weighted by Crippen LogP contribution is 2.12. The highest BCUT2D eigenvalue weighted by molar-refractivity contribution is 5.78. The van der Waals surface area contributed by atoms with Crippen LogP contribution in [0.4, 0.5) is 5.69 Å². The fraction of sp³-hybridized carbons (Fsp3) is 0.250. The van der Waals surface area contributed by atoms with Gasteiger partial charge in [-0.25, -0.2) is 4.98 Å². The van der Waals surface area contributed by atoms with Crippen LogP contribution in [0.3, 0.4) is 0 Å². The average molecular weight is 275 g/mol. The summed E-state index contributed by atoms with van der Waals surface area (Å²) in [5.74, 6) is 0.569. The molecule has 1 aromatic carbocycles. The van der Waals surface area contributed by atoms with Gasteiger partial charge in [0.2, 0.25) is 5.91 Å². The van der Waals surface area contributed by atoms with E-state index in [9.17, 15) is 14.9 Å². The second-order valence-corrected chi connectivity index (χ2v) is 4.13. The number of nitro benzene ring substituents is 1. The zero-order valence-corrected chi connectivity index (χ0v) is 10.6. The molecule has 0 atom stereocenters. The molecule has 0 saturated heterocycles. The lowest BCUT2D eigenvalue weighted by Crippen LogP contribution is -2.27. The molecule has 0 aliphatic heterocycles. The number of nitrogens with zero attached hydrogens (tertiary/aromatic N) is 3. The summed E-state index contributed by atoms with van der Waals surface area (Å²) in [6.45, 7) is 0.459. The Hall–Kier alpha value is -2.77. The number of amides is 1. The number of aromatic amines is 1. The van der Waals surface area contributed by atoms with Gasteiger partial charge in [0, 0.05) is 25.1 Å². The van der Waals surface area contributed by atoms with Crippen LogP contribution < -0.4 is 5.32 Å². The van der Waals surface area contributed by atoms with Gasteiger partial charge in [-0.15, -0.1) is 0 Å². The normalized spacial score (nSPS) is 10.2. The standard InChI is InChI=1S/C12H13N5O3/c18-12(13-6-5-11-14-8-15-16-11)7-9-1-3-10(4-2-9)17(19)20/h1-4,8H,5-7H2,(H,13,18)(H,14,15,16). The van der Waals surface area contributed by atoms with Crippen LogP contribution in [0.25, 0.3) is 0 Å². The molecule has 0 saturated carbocycles. The Bertz CT molecular complexity index is 580. The van der Waals surface area contributed by atoms with Crippen molar-refractivity contribution < 1.29 is 9.72 Å². The summed E-state index contributed by atoms with van der Waals surface area (Å²) in [5.41, 5.74) is 0.743. The number of benzene rings is 1. The lowest BCUT2D eigenvalue weighted by atomic mass is 10.1. The first-order chi connectivity index (χ1) is 9.65. The highest BCUT2D eigenvalue weighted by Gasteiger charge is 2.07. The molecule has 2 rings (SSSR count). The molecule has 0 fully saturated rings. The Morgan fingerprint density at radius 3 is 2.70 bits per heavy atom. The molecule has 0 aliphatic rings. The summed E-state index contributed by atoms with van der Waals surface area (Å²) >= 11 is 0. The van der Waals surface area contributed by atoms with Gasteiger partial charge in [-0.05, 0) is 5.56 Å². The van der Waals surface area contributed by atoms with Crippen molar-refractivity contribution in [2.24, 2.45) is 0 Å². The van der Waals surface area contributed by atoms with Crippen LogP contribution >= 0.6 is 0 Å². The maximum atomic E-state index is 11.7. The minimum atomic E-state index is -0.471. The molecule has 2 aromatic rings. The van der Waals surface area contributed by atoms with Crippen molar-refractivity contribution >= 4 is 11.6 Å². The van der Waals surface area contributed by atoms with Crippen LogP contribution in [-0.2, 0) is 17.6 Å². The monoisotopic (exact) mass is 275 g/mol. The molecule has 8 heteroatoms. The fourth-order valence-corrected chi connectivity index (χ4v) is 1.65. The van der Waals surface area contributed by atoms with Gasteiger partial charge in [-0.3, -0.25) is 20.0 Å². The van der Waals surface area contributed by atoms with E-state index in [2.05, 4.69) is 20.5 Å². The second-order valence-electron chi connectivity index (χ2n) is 4.13. The minimum Gasteiger partial charge on any atom is -0.355 e. The molecule has 0 radical (unpaired) electrons.